The predicted octanol–water partition coefficient (Wildman–Crippen LogP) is 4.59. The second-order valence-electron chi connectivity index (χ2n) is 11.6. The van der Waals surface area contributed by atoms with Gasteiger partial charge in [-0.05, 0) is 54.8 Å². The largest absolute Gasteiger partial charge is 0.465 e. The number of carbonyl (C=O) groups excluding carboxylic acids is 3. The van der Waals surface area contributed by atoms with Gasteiger partial charge in [0.25, 0.3) is 0 Å². The van der Waals surface area contributed by atoms with Crippen molar-refractivity contribution in [2.75, 3.05) is 6.61 Å². The van der Waals surface area contributed by atoms with Crippen molar-refractivity contribution >= 4 is 17.5 Å². The Bertz CT molecular complexity index is 675. The topological polar surface area (TPSA) is 60.4 Å². The predicted molar refractivity (Wildman–Crippen MR) is 106 cm³/mol. The molecule has 0 aromatic rings. The molecule has 4 bridgehead atoms. The maximum absolute atomic E-state index is 12.9. The van der Waals surface area contributed by atoms with Crippen LogP contribution in [0.5, 0.6) is 0 Å². The van der Waals surface area contributed by atoms with Crippen LogP contribution < -0.4 is 0 Å². The maximum Gasteiger partial charge on any atom is 0.305 e. The van der Waals surface area contributed by atoms with Gasteiger partial charge in [0.05, 0.1) is 5.92 Å². The van der Waals surface area contributed by atoms with E-state index in [4.69, 9.17) is 4.74 Å². The minimum absolute atomic E-state index is 0.0109. The van der Waals surface area contributed by atoms with Crippen LogP contribution in [0.15, 0.2) is 0 Å². The van der Waals surface area contributed by atoms with Gasteiger partial charge in [0.15, 0.2) is 0 Å². The van der Waals surface area contributed by atoms with E-state index in [1.54, 1.807) is 0 Å². The summed E-state index contributed by atoms with van der Waals surface area (Å²) in [6.45, 7) is 13.2. The molecule has 4 aliphatic carbocycles. The Labute approximate surface area is 169 Å². The molecule has 0 aliphatic heterocycles. The third-order valence-corrected chi connectivity index (χ3v) is 10.4. The quantitative estimate of drug-likeness (QED) is 0.646. The number of ketones is 2. The minimum Gasteiger partial charge on any atom is -0.465 e. The molecule has 4 nitrogen and oxygen atoms in total. The maximum atomic E-state index is 12.9. The zero-order valence-corrected chi connectivity index (χ0v) is 18.4. The lowest BCUT2D eigenvalue weighted by Gasteiger charge is -2.32. The van der Waals surface area contributed by atoms with Crippen LogP contribution in [0.4, 0.5) is 0 Å². The molecule has 4 rings (SSSR count). The molecule has 0 spiro atoms. The highest BCUT2D eigenvalue weighted by Crippen LogP contribution is 2.67. The molecule has 0 aromatic carbocycles. The molecule has 6 atom stereocenters. The van der Waals surface area contributed by atoms with Crippen LogP contribution in [0.25, 0.3) is 0 Å². The second kappa shape index (κ2) is 5.92. The molecule has 0 aromatic heterocycles. The first-order valence-electron chi connectivity index (χ1n) is 11.1. The van der Waals surface area contributed by atoms with E-state index in [9.17, 15) is 14.4 Å². The Morgan fingerprint density at radius 1 is 0.857 bits per heavy atom. The van der Waals surface area contributed by atoms with E-state index in [-0.39, 0.29) is 58.3 Å². The van der Waals surface area contributed by atoms with Crippen molar-refractivity contribution in [1.29, 1.82) is 0 Å². The lowest BCUT2D eigenvalue weighted by molar-refractivity contribution is -0.148. The van der Waals surface area contributed by atoms with E-state index in [2.05, 4.69) is 41.5 Å². The first-order valence-corrected chi connectivity index (χ1v) is 11.1. The van der Waals surface area contributed by atoms with Crippen LogP contribution in [-0.2, 0) is 19.1 Å². The molecule has 0 saturated heterocycles. The van der Waals surface area contributed by atoms with Gasteiger partial charge in [0, 0.05) is 23.2 Å². The fourth-order valence-electron chi connectivity index (χ4n) is 7.60. The first kappa shape index (κ1) is 20.1. The van der Waals surface area contributed by atoms with Gasteiger partial charge >= 0.3 is 5.97 Å². The van der Waals surface area contributed by atoms with E-state index in [0.717, 1.165) is 25.7 Å². The number of rotatable bonds is 5. The minimum atomic E-state index is -0.273. The van der Waals surface area contributed by atoms with E-state index in [1.807, 2.05) is 0 Å². The Morgan fingerprint density at radius 3 is 1.75 bits per heavy atom. The Morgan fingerprint density at radius 2 is 1.32 bits per heavy atom. The fourth-order valence-corrected chi connectivity index (χ4v) is 7.60. The lowest BCUT2D eigenvalue weighted by Crippen LogP contribution is -2.34. The van der Waals surface area contributed by atoms with Crippen LogP contribution in [0.3, 0.4) is 0 Å². The summed E-state index contributed by atoms with van der Waals surface area (Å²) in [5, 5.41) is 0. The Kier molecular flexibility index (Phi) is 4.25. The van der Waals surface area contributed by atoms with Gasteiger partial charge < -0.3 is 4.74 Å². The summed E-state index contributed by atoms with van der Waals surface area (Å²) in [6, 6.07) is 0. The Balaban J connectivity index is 1.32. The van der Waals surface area contributed by atoms with Crippen molar-refractivity contribution in [2.24, 2.45) is 45.3 Å². The van der Waals surface area contributed by atoms with Crippen molar-refractivity contribution in [3.8, 4) is 0 Å². The van der Waals surface area contributed by atoms with Gasteiger partial charge in [0.1, 0.15) is 18.2 Å². The number of Topliss-reactive ketones (excluding diaryl/α,β-unsaturated/α-hetero) is 2. The third kappa shape index (κ3) is 2.26. The number of carbonyl (C=O) groups is 3. The van der Waals surface area contributed by atoms with Crippen LogP contribution >= 0.6 is 0 Å². The standard InChI is InChI=1S/C24H36O4/c1-21(2)16-9-11-23(21,5)19(26)14(16)7-8-18(25)28-13-15-17-10-12-24(6,20(15)27)22(17,3)4/h14-17H,7-13H2,1-6H3/t14-,15-,16-,17+,23-,24+/m1/s1. The summed E-state index contributed by atoms with van der Waals surface area (Å²) < 4.78 is 5.57. The molecule has 28 heavy (non-hydrogen) atoms. The van der Waals surface area contributed by atoms with Crippen molar-refractivity contribution in [1.82, 2.24) is 0 Å². The third-order valence-electron chi connectivity index (χ3n) is 10.4. The molecule has 0 amide bonds. The first-order chi connectivity index (χ1) is 12.9. The molecule has 4 fully saturated rings. The van der Waals surface area contributed by atoms with Gasteiger partial charge in [-0.3, -0.25) is 14.4 Å². The molecule has 0 N–H and O–H groups in total. The zero-order chi connectivity index (χ0) is 20.7. The molecule has 0 heterocycles. The summed E-state index contributed by atoms with van der Waals surface area (Å²) in [7, 11) is 0. The number of fused-ring (bicyclic) bond motifs is 4. The highest BCUT2D eigenvalue weighted by molar-refractivity contribution is 5.92. The summed E-state index contributed by atoms with van der Waals surface area (Å²) in [5.74, 6) is 0.899. The van der Waals surface area contributed by atoms with Crippen LogP contribution in [0.2, 0.25) is 0 Å². The highest BCUT2D eigenvalue weighted by Gasteiger charge is 2.67. The van der Waals surface area contributed by atoms with Crippen molar-refractivity contribution in [3.05, 3.63) is 0 Å². The molecule has 4 aliphatic rings. The van der Waals surface area contributed by atoms with Crippen LogP contribution in [0.1, 0.15) is 80.1 Å². The normalized spacial score (nSPS) is 45.1. The molecule has 156 valence electrons. The van der Waals surface area contributed by atoms with E-state index >= 15 is 0 Å². The average molecular weight is 389 g/mol. The van der Waals surface area contributed by atoms with E-state index < -0.39 is 0 Å². The zero-order valence-electron chi connectivity index (χ0n) is 18.4. The molecule has 4 saturated carbocycles. The molecule has 0 radical (unpaired) electrons. The summed E-state index contributed by atoms with van der Waals surface area (Å²) >= 11 is 0. The molecule has 0 unspecified atom stereocenters. The van der Waals surface area contributed by atoms with Crippen molar-refractivity contribution in [2.45, 2.75) is 80.1 Å². The second-order valence-corrected chi connectivity index (χ2v) is 11.6. The van der Waals surface area contributed by atoms with Crippen LogP contribution in [0, 0.1) is 45.3 Å². The monoisotopic (exact) mass is 388 g/mol. The van der Waals surface area contributed by atoms with E-state index in [0.29, 0.717) is 24.0 Å². The summed E-state index contributed by atoms with van der Waals surface area (Å²) in [5.41, 5.74) is -0.499. The molecular weight excluding hydrogens is 352 g/mol. The van der Waals surface area contributed by atoms with E-state index in [1.165, 1.54) is 0 Å². The average Bonchev–Trinajstić information content (AvgIpc) is 3.10. The summed E-state index contributed by atoms with van der Waals surface area (Å²) in [4.78, 5) is 38.2. The number of hydrogen-bond acceptors (Lipinski definition) is 4. The SMILES string of the molecule is CC1(C)[C@H]2CC[C@@]1(C)C(=O)[C@@H]2COC(=O)CC[C@H]1C(=O)[C@@]2(C)CC[C@H]1C2(C)C. The van der Waals surface area contributed by atoms with Gasteiger partial charge in [-0.15, -0.1) is 0 Å². The van der Waals surface area contributed by atoms with Gasteiger partial charge in [-0.2, -0.15) is 0 Å². The van der Waals surface area contributed by atoms with Crippen molar-refractivity contribution < 1.29 is 19.1 Å². The number of esters is 1. The Hall–Kier alpha value is -1.19. The number of hydrogen-bond donors (Lipinski definition) is 0. The van der Waals surface area contributed by atoms with Gasteiger partial charge in [-0.1, -0.05) is 41.5 Å². The van der Waals surface area contributed by atoms with Crippen molar-refractivity contribution in [3.63, 3.8) is 0 Å². The summed E-state index contributed by atoms with van der Waals surface area (Å²) in [6.07, 6.45) is 4.93. The smallest absolute Gasteiger partial charge is 0.305 e. The lowest BCUT2D eigenvalue weighted by atomic mass is 9.70. The fraction of sp³-hybridized carbons (Fsp3) is 0.875. The highest BCUT2D eigenvalue weighted by atomic mass is 16.5. The van der Waals surface area contributed by atoms with Gasteiger partial charge in [-0.25, -0.2) is 0 Å². The number of ether oxygens (including phenoxy) is 1. The van der Waals surface area contributed by atoms with Crippen LogP contribution in [-0.4, -0.2) is 24.1 Å². The van der Waals surface area contributed by atoms with Gasteiger partial charge in [0.2, 0.25) is 0 Å². The molecule has 4 heteroatoms. The molecular formula is C24H36O4.